The Bertz CT molecular complexity index is 1120. The highest BCUT2D eigenvalue weighted by molar-refractivity contribution is 5.98. The lowest BCUT2D eigenvalue weighted by atomic mass is 10.1. The molecule has 1 aliphatic heterocycles. The Morgan fingerprint density at radius 3 is 2.85 bits per heavy atom. The predicted molar refractivity (Wildman–Crippen MR) is 104 cm³/mol. The number of rotatable bonds is 3. The van der Waals surface area contributed by atoms with Crippen LogP contribution in [0.5, 0.6) is 5.75 Å². The molecule has 0 radical (unpaired) electrons. The van der Waals surface area contributed by atoms with Gasteiger partial charge >= 0.3 is 0 Å². The number of aromatic nitrogens is 5. The van der Waals surface area contributed by atoms with Gasteiger partial charge in [0.1, 0.15) is 17.2 Å². The van der Waals surface area contributed by atoms with Crippen LogP contribution in [-0.2, 0) is 0 Å². The normalized spacial score (nSPS) is 14.8. The Labute approximate surface area is 155 Å². The minimum atomic E-state index is 0.665. The highest BCUT2D eigenvalue weighted by Crippen LogP contribution is 2.35. The van der Waals surface area contributed by atoms with E-state index < -0.39 is 0 Å². The molecule has 8 heteroatoms. The van der Waals surface area contributed by atoms with Gasteiger partial charge in [-0.2, -0.15) is 0 Å². The van der Waals surface area contributed by atoms with Crippen molar-refractivity contribution in [1.29, 1.82) is 0 Å². The monoisotopic (exact) mass is 361 g/mol. The van der Waals surface area contributed by atoms with Crippen LogP contribution in [-0.4, -0.2) is 58.2 Å². The van der Waals surface area contributed by atoms with E-state index in [0.717, 1.165) is 59.5 Å². The van der Waals surface area contributed by atoms with E-state index in [4.69, 9.17) is 14.7 Å². The van der Waals surface area contributed by atoms with Crippen molar-refractivity contribution >= 4 is 27.8 Å². The second kappa shape index (κ2) is 6.48. The van der Waals surface area contributed by atoms with E-state index in [9.17, 15) is 0 Å². The summed E-state index contributed by atoms with van der Waals surface area (Å²) in [4.78, 5) is 23.9. The number of hydrogen-bond acceptors (Lipinski definition) is 7. The maximum Gasteiger partial charge on any atom is 0.163 e. The van der Waals surface area contributed by atoms with E-state index in [0.29, 0.717) is 11.6 Å². The van der Waals surface area contributed by atoms with Gasteiger partial charge in [-0.05, 0) is 12.1 Å². The fourth-order valence-electron chi connectivity index (χ4n) is 3.57. The van der Waals surface area contributed by atoms with Gasteiger partial charge in [0.15, 0.2) is 5.82 Å². The molecule has 4 aromatic heterocycles. The standard InChI is InChI=1S/C19H19N7O/c1-27-15-11-21-10-14-16(15)19(26-8-6-20-7-9-26)25-18(24-14)13-3-5-23-17-12(13)2-4-22-17/h2-5,10-11,20H,6-9H2,1H3,(H,22,23). The highest BCUT2D eigenvalue weighted by Gasteiger charge is 2.21. The van der Waals surface area contributed by atoms with Crippen LogP contribution < -0.4 is 15.0 Å². The van der Waals surface area contributed by atoms with Crippen molar-refractivity contribution in [1.82, 2.24) is 30.2 Å². The Kier molecular flexibility index (Phi) is 3.83. The van der Waals surface area contributed by atoms with Gasteiger partial charge in [-0.3, -0.25) is 4.98 Å². The summed E-state index contributed by atoms with van der Waals surface area (Å²) in [6.07, 6.45) is 7.14. The second-order valence-electron chi connectivity index (χ2n) is 6.44. The number of H-pyrrole nitrogens is 1. The van der Waals surface area contributed by atoms with E-state index in [1.807, 2.05) is 18.3 Å². The Morgan fingerprint density at radius 1 is 1.11 bits per heavy atom. The summed E-state index contributed by atoms with van der Waals surface area (Å²) in [5.41, 5.74) is 2.54. The molecule has 1 saturated heterocycles. The average Bonchev–Trinajstić information content (AvgIpc) is 3.22. The van der Waals surface area contributed by atoms with Crippen molar-refractivity contribution in [3.63, 3.8) is 0 Å². The van der Waals surface area contributed by atoms with Gasteiger partial charge in [0.2, 0.25) is 0 Å². The molecule has 1 aliphatic rings. The zero-order chi connectivity index (χ0) is 18.2. The lowest BCUT2D eigenvalue weighted by Crippen LogP contribution is -2.44. The van der Waals surface area contributed by atoms with Crippen molar-refractivity contribution in [2.75, 3.05) is 38.2 Å². The molecule has 0 spiro atoms. The number of ether oxygens (including phenoxy) is 1. The molecule has 2 N–H and O–H groups in total. The van der Waals surface area contributed by atoms with Gasteiger partial charge in [0.25, 0.3) is 0 Å². The molecule has 5 heterocycles. The molecule has 0 aliphatic carbocycles. The number of nitrogens with one attached hydrogen (secondary N) is 2. The zero-order valence-electron chi connectivity index (χ0n) is 14.9. The number of pyridine rings is 2. The molecule has 4 aromatic rings. The van der Waals surface area contributed by atoms with Crippen LogP contribution >= 0.6 is 0 Å². The molecule has 27 heavy (non-hydrogen) atoms. The Hall–Kier alpha value is -3.26. The second-order valence-corrected chi connectivity index (χ2v) is 6.44. The van der Waals surface area contributed by atoms with Gasteiger partial charge in [0, 0.05) is 49.5 Å². The first-order valence-electron chi connectivity index (χ1n) is 8.93. The molecule has 0 saturated carbocycles. The maximum atomic E-state index is 5.56. The topological polar surface area (TPSA) is 91.9 Å². The van der Waals surface area contributed by atoms with Crippen molar-refractivity contribution in [2.24, 2.45) is 0 Å². The van der Waals surface area contributed by atoms with Crippen LogP contribution in [0.1, 0.15) is 0 Å². The van der Waals surface area contributed by atoms with Crippen LogP contribution in [0.4, 0.5) is 5.82 Å². The summed E-state index contributed by atoms with van der Waals surface area (Å²) >= 11 is 0. The van der Waals surface area contributed by atoms with Crippen molar-refractivity contribution in [2.45, 2.75) is 0 Å². The highest BCUT2D eigenvalue weighted by atomic mass is 16.5. The lowest BCUT2D eigenvalue weighted by molar-refractivity contribution is 0.418. The molecular weight excluding hydrogens is 342 g/mol. The maximum absolute atomic E-state index is 5.56. The minimum absolute atomic E-state index is 0.665. The van der Waals surface area contributed by atoms with E-state index in [1.165, 1.54) is 0 Å². The van der Waals surface area contributed by atoms with E-state index in [1.54, 1.807) is 25.7 Å². The van der Waals surface area contributed by atoms with Crippen LogP contribution in [0.2, 0.25) is 0 Å². The third-order valence-electron chi connectivity index (χ3n) is 4.89. The fourth-order valence-corrected chi connectivity index (χ4v) is 3.57. The number of anilines is 1. The SMILES string of the molecule is COc1cncc2nc(-c3ccnc4[nH]ccc34)nc(N3CCNCC3)c12. The number of nitrogens with zero attached hydrogens (tertiary/aromatic N) is 5. The largest absolute Gasteiger partial charge is 0.494 e. The molecule has 0 amide bonds. The Balaban J connectivity index is 1.78. The number of hydrogen-bond donors (Lipinski definition) is 2. The van der Waals surface area contributed by atoms with Crippen molar-refractivity contribution in [3.05, 3.63) is 36.9 Å². The number of aromatic amines is 1. The van der Waals surface area contributed by atoms with Gasteiger partial charge in [-0.1, -0.05) is 0 Å². The summed E-state index contributed by atoms with van der Waals surface area (Å²) in [6, 6.07) is 3.95. The third-order valence-corrected chi connectivity index (χ3v) is 4.89. The first kappa shape index (κ1) is 16.0. The molecule has 0 bridgehead atoms. The van der Waals surface area contributed by atoms with Crippen LogP contribution in [0.25, 0.3) is 33.3 Å². The van der Waals surface area contributed by atoms with E-state index in [2.05, 4.69) is 25.2 Å². The summed E-state index contributed by atoms with van der Waals surface area (Å²) in [5.74, 6) is 2.24. The quantitative estimate of drug-likeness (QED) is 0.576. The van der Waals surface area contributed by atoms with Gasteiger partial charge in [-0.25, -0.2) is 15.0 Å². The third kappa shape index (κ3) is 2.65. The molecule has 136 valence electrons. The van der Waals surface area contributed by atoms with Gasteiger partial charge in [0.05, 0.1) is 30.4 Å². The molecule has 5 rings (SSSR count). The van der Waals surface area contributed by atoms with Crippen molar-refractivity contribution in [3.8, 4) is 17.1 Å². The van der Waals surface area contributed by atoms with E-state index >= 15 is 0 Å². The van der Waals surface area contributed by atoms with Crippen LogP contribution in [0.15, 0.2) is 36.9 Å². The number of methoxy groups -OCH3 is 1. The molecule has 1 fully saturated rings. The summed E-state index contributed by atoms with van der Waals surface area (Å²) in [5, 5.41) is 5.29. The first-order chi connectivity index (χ1) is 13.3. The van der Waals surface area contributed by atoms with E-state index in [-0.39, 0.29) is 0 Å². The molecule has 0 atom stereocenters. The zero-order valence-corrected chi connectivity index (χ0v) is 14.9. The van der Waals surface area contributed by atoms with Crippen molar-refractivity contribution < 1.29 is 4.74 Å². The predicted octanol–water partition coefficient (Wildman–Crippen LogP) is 1.99. The van der Waals surface area contributed by atoms with Gasteiger partial charge in [-0.15, -0.1) is 0 Å². The number of fused-ring (bicyclic) bond motifs is 2. The first-order valence-corrected chi connectivity index (χ1v) is 8.93. The molecule has 0 aromatic carbocycles. The van der Waals surface area contributed by atoms with Crippen LogP contribution in [0, 0.1) is 0 Å². The summed E-state index contributed by atoms with van der Waals surface area (Å²) < 4.78 is 5.56. The number of piperazine rings is 1. The smallest absolute Gasteiger partial charge is 0.163 e. The average molecular weight is 361 g/mol. The lowest BCUT2D eigenvalue weighted by Gasteiger charge is -2.29. The summed E-state index contributed by atoms with van der Waals surface area (Å²) in [6.45, 7) is 3.61. The Morgan fingerprint density at radius 2 is 2.00 bits per heavy atom. The minimum Gasteiger partial charge on any atom is -0.494 e. The fraction of sp³-hybridized carbons (Fsp3) is 0.263. The van der Waals surface area contributed by atoms with Crippen LogP contribution in [0.3, 0.4) is 0 Å². The summed E-state index contributed by atoms with van der Waals surface area (Å²) in [7, 11) is 1.65. The molecule has 0 unspecified atom stereocenters. The molecular formula is C19H19N7O. The van der Waals surface area contributed by atoms with Gasteiger partial charge < -0.3 is 19.9 Å². The molecule has 8 nitrogen and oxygen atoms in total.